The lowest BCUT2D eigenvalue weighted by molar-refractivity contribution is -0.125. The molecule has 0 aliphatic carbocycles. The van der Waals surface area contributed by atoms with Gasteiger partial charge in [0.15, 0.2) is 0 Å². The number of amides is 2. The first-order chi connectivity index (χ1) is 13.2. The highest BCUT2D eigenvalue weighted by atomic mass is 16.6. The Labute approximate surface area is 158 Å². The number of hydrogen-bond donors (Lipinski definition) is 1. The third kappa shape index (κ3) is 3.35. The highest BCUT2D eigenvalue weighted by Crippen LogP contribution is 2.36. The van der Waals surface area contributed by atoms with Gasteiger partial charge in [-0.25, -0.2) is 4.79 Å². The van der Waals surface area contributed by atoms with Gasteiger partial charge in [0, 0.05) is 18.8 Å². The zero-order valence-corrected chi connectivity index (χ0v) is 15.1. The minimum absolute atomic E-state index is 0.0451. The second-order valence-electron chi connectivity index (χ2n) is 6.99. The van der Waals surface area contributed by atoms with Crippen molar-refractivity contribution >= 4 is 17.7 Å². The summed E-state index contributed by atoms with van der Waals surface area (Å²) < 4.78 is 5.43. The molecule has 4 rings (SSSR count). The van der Waals surface area contributed by atoms with Crippen molar-refractivity contribution in [3.05, 3.63) is 66.2 Å². The van der Waals surface area contributed by atoms with Crippen molar-refractivity contribution in [2.24, 2.45) is 0 Å². The number of likely N-dealkylation sites (tertiary alicyclic amines) is 1. The molecule has 2 aromatic rings. The van der Waals surface area contributed by atoms with E-state index in [0.29, 0.717) is 32.6 Å². The molecule has 2 saturated heterocycles. The van der Waals surface area contributed by atoms with Crippen molar-refractivity contribution in [2.45, 2.75) is 25.0 Å². The molecule has 2 heterocycles. The van der Waals surface area contributed by atoms with Crippen molar-refractivity contribution in [1.82, 2.24) is 10.2 Å². The summed E-state index contributed by atoms with van der Waals surface area (Å²) in [5, 5.41) is 2.97. The Morgan fingerprint density at radius 3 is 2.30 bits per heavy atom. The van der Waals surface area contributed by atoms with Gasteiger partial charge in [0.05, 0.1) is 6.67 Å². The van der Waals surface area contributed by atoms with Crippen LogP contribution in [0.5, 0.6) is 0 Å². The van der Waals surface area contributed by atoms with Gasteiger partial charge < -0.3 is 19.9 Å². The average Bonchev–Trinajstić information content (AvgIpc) is 3.04. The molecule has 1 spiro atoms. The van der Waals surface area contributed by atoms with Gasteiger partial charge in [0.25, 0.3) is 0 Å². The van der Waals surface area contributed by atoms with Crippen LogP contribution in [0, 0.1) is 0 Å². The second-order valence-corrected chi connectivity index (χ2v) is 6.99. The number of para-hydroxylation sites is 1. The lowest BCUT2D eigenvalue weighted by Crippen LogP contribution is -2.57. The number of nitrogens with one attached hydrogen (secondary N) is 1. The zero-order chi connectivity index (χ0) is 18.7. The number of carbonyl (C=O) groups is 2. The molecule has 2 aliphatic rings. The lowest BCUT2D eigenvalue weighted by Gasteiger charge is -2.42. The molecule has 0 bridgehead atoms. The number of rotatable bonds is 3. The van der Waals surface area contributed by atoms with Gasteiger partial charge >= 0.3 is 6.09 Å². The summed E-state index contributed by atoms with van der Waals surface area (Å²) in [6.07, 6.45) is 0.862. The summed E-state index contributed by atoms with van der Waals surface area (Å²) in [6, 6.07) is 19.6. The van der Waals surface area contributed by atoms with Crippen LogP contribution in [0.3, 0.4) is 0 Å². The molecular formula is C21H23N3O3. The van der Waals surface area contributed by atoms with Crippen LogP contribution in [0.2, 0.25) is 0 Å². The maximum absolute atomic E-state index is 12.6. The normalized spacial score (nSPS) is 18.4. The predicted molar refractivity (Wildman–Crippen MR) is 102 cm³/mol. The number of hydrogen-bond acceptors (Lipinski definition) is 4. The van der Waals surface area contributed by atoms with Crippen LogP contribution in [0.15, 0.2) is 60.7 Å². The molecule has 2 fully saturated rings. The average molecular weight is 365 g/mol. The van der Waals surface area contributed by atoms with Crippen LogP contribution in [0.25, 0.3) is 0 Å². The van der Waals surface area contributed by atoms with Gasteiger partial charge in [-0.05, 0) is 30.5 Å². The molecule has 140 valence electrons. The topological polar surface area (TPSA) is 61.9 Å². The molecule has 0 saturated carbocycles. The summed E-state index contributed by atoms with van der Waals surface area (Å²) in [5.41, 5.74) is 1.40. The Hall–Kier alpha value is -3.02. The van der Waals surface area contributed by atoms with E-state index in [0.717, 1.165) is 11.3 Å². The first kappa shape index (κ1) is 17.4. The molecule has 0 atom stereocenters. The van der Waals surface area contributed by atoms with Gasteiger partial charge in [-0.3, -0.25) is 4.79 Å². The number of carbonyl (C=O) groups excluding carboxylic acids is 2. The van der Waals surface area contributed by atoms with Gasteiger partial charge in [-0.1, -0.05) is 48.5 Å². The third-order valence-electron chi connectivity index (χ3n) is 5.46. The van der Waals surface area contributed by atoms with E-state index in [2.05, 4.69) is 10.2 Å². The first-order valence-corrected chi connectivity index (χ1v) is 9.26. The largest absolute Gasteiger partial charge is 0.445 e. The number of piperidine rings is 1. The molecule has 2 aromatic carbocycles. The second kappa shape index (κ2) is 7.31. The third-order valence-corrected chi connectivity index (χ3v) is 5.46. The van der Waals surface area contributed by atoms with Crippen molar-refractivity contribution < 1.29 is 14.3 Å². The molecule has 2 amide bonds. The molecular weight excluding hydrogens is 342 g/mol. The van der Waals surface area contributed by atoms with Crippen LogP contribution in [-0.4, -0.2) is 42.2 Å². The predicted octanol–water partition coefficient (Wildman–Crippen LogP) is 2.75. The van der Waals surface area contributed by atoms with Gasteiger partial charge in [-0.2, -0.15) is 0 Å². The van der Waals surface area contributed by atoms with Crippen molar-refractivity contribution in [1.29, 1.82) is 0 Å². The minimum atomic E-state index is -0.586. The van der Waals surface area contributed by atoms with E-state index >= 15 is 0 Å². The smallest absolute Gasteiger partial charge is 0.410 e. The summed E-state index contributed by atoms with van der Waals surface area (Å²) in [4.78, 5) is 28.9. The van der Waals surface area contributed by atoms with E-state index < -0.39 is 5.54 Å². The van der Waals surface area contributed by atoms with Crippen LogP contribution < -0.4 is 10.2 Å². The SMILES string of the molecule is O=C(OCc1ccccc1)N1CCC2(CC1)C(=O)NCN2c1ccccc1. The quantitative estimate of drug-likeness (QED) is 0.909. The summed E-state index contributed by atoms with van der Waals surface area (Å²) in [5.74, 6) is 0.0451. The maximum Gasteiger partial charge on any atom is 0.410 e. The van der Waals surface area contributed by atoms with Gasteiger partial charge in [-0.15, -0.1) is 0 Å². The molecule has 6 nitrogen and oxygen atoms in total. The van der Waals surface area contributed by atoms with E-state index in [-0.39, 0.29) is 18.6 Å². The van der Waals surface area contributed by atoms with E-state index in [1.165, 1.54) is 0 Å². The molecule has 27 heavy (non-hydrogen) atoms. The van der Waals surface area contributed by atoms with E-state index in [9.17, 15) is 9.59 Å². The fourth-order valence-corrected chi connectivity index (χ4v) is 3.90. The van der Waals surface area contributed by atoms with Crippen LogP contribution >= 0.6 is 0 Å². The van der Waals surface area contributed by atoms with Crippen LogP contribution in [-0.2, 0) is 16.1 Å². The standard InChI is InChI=1S/C21H23N3O3/c25-19-21(24(16-22-19)18-9-5-2-6-10-18)11-13-23(14-12-21)20(26)27-15-17-7-3-1-4-8-17/h1-10H,11-16H2,(H,22,25). The van der Waals surface area contributed by atoms with Crippen molar-refractivity contribution in [3.8, 4) is 0 Å². The van der Waals surface area contributed by atoms with Gasteiger partial charge in [0.2, 0.25) is 5.91 Å². The monoisotopic (exact) mass is 365 g/mol. The molecule has 1 N–H and O–H groups in total. The summed E-state index contributed by atoms with van der Waals surface area (Å²) in [7, 11) is 0. The Morgan fingerprint density at radius 1 is 1.00 bits per heavy atom. The van der Waals surface area contributed by atoms with Crippen LogP contribution in [0.4, 0.5) is 10.5 Å². The van der Waals surface area contributed by atoms with Crippen LogP contribution in [0.1, 0.15) is 18.4 Å². The molecule has 0 radical (unpaired) electrons. The Balaban J connectivity index is 1.40. The Kier molecular flexibility index (Phi) is 4.71. The van der Waals surface area contributed by atoms with E-state index in [1.807, 2.05) is 60.7 Å². The van der Waals surface area contributed by atoms with E-state index in [1.54, 1.807) is 4.90 Å². The van der Waals surface area contributed by atoms with E-state index in [4.69, 9.17) is 4.74 Å². The maximum atomic E-state index is 12.6. The van der Waals surface area contributed by atoms with Gasteiger partial charge in [0.1, 0.15) is 12.1 Å². The highest BCUT2D eigenvalue weighted by Gasteiger charge is 2.50. The fourth-order valence-electron chi connectivity index (χ4n) is 3.90. The fraction of sp³-hybridized carbons (Fsp3) is 0.333. The molecule has 0 unspecified atom stereocenters. The molecule has 6 heteroatoms. The number of nitrogens with zero attached hydrogens (tertiary/aromatic N) is 2. The molecule has 0 aromatic heterocycles. The van der Waals surface area contributed by atoms with Crippen molar-refractivity contribution in [2.75, 3.05) is 24.7 Å². The van der Waals surface area contributed by atoms with Crippen molar-refractivity contribution in [3.63, 3.8) is 0 Å². The zero-order valence-electron chi connectivity index (χ0n) is 15.1. The molecule has 2 aliphatic heterocycles. The minimum Gasteiger partial charge on any atom is -0.445 e. The number of anilines is 1. The summed E-state index contributed by atoms with van der Waals surface area (Å²) in [6.45, 7) is 1.77. The number of ether oxygens (including phenoxy) is 1. The number of benzene rings is 2. The highest BCUT2D eigenvalue weighted by molar-refractivity contribution is 5.93. The Bertz CT molecular complexity index is 802. The summed E-state index contributed by atoms with van der Waals surface area (Å²) >= 11 is 0. The lowest BCUT2D eigenvalue weighted by atomic mass is 9.86. The first-order valence-electron chi connectivity index (χ1n) is 9.26. The Morgan fingerprint density at radius 2 is 1.63 bits per heavy atom.